The molecule has 1 aromatic rings. The van der Waals surface area contributed by atoms with E-state index < -0.39 is 0 Å². The fraction of sp³-hybridized carbons (Fsp3) is 0.600. The van der Waals surface area contributed by atoms with E-state index in [4.69, 9.17) is 14.2 Å². The number of nitrogens with one attached hydrogen (secondary N) is 1. The van der Waals surface area contributed by atoms with Crippen molar-refractivity contribution in [3.63, 3.8) is 0 Å². The second-order valence-electron chi connectivity index (χ2n) is 4.37. The molecule has 4 heteroatoms. The Labute approximate surface area is 116 Å². The second kappa shape index (κ2) is 10.8. The minimum Gasteiger partial charge on any atom is -0.385 e. The maximum atomic E-state index is 5.47. The van der Waals surface area contributed by atoms with Crippen molar-refractivity contribution in [1.82, 2.24) is 0 Å². The van der Waals surface area contributed by atoms with Crippen molar-refractivity contribution >= 4 is 5.69 Å². The van der Waals surface area contributed by atoms with Gasteiger partial charge in [-0.3, -0.25) is 0 Å². The van der Waals surface area contributed by atoms with Crippen molar-refractivity contribution in [3.05, 3.63) is 29.8 Å². The summed E-state index contributed by atoms with van der Waals surface area (Å²) in [6.45, 7) is 6.36. The lowest BCUT2D eigenvalue weighted by molar-refractivity contribution is 0.0431. The van der Waals surface area contributed by atoms with E-state index in [1.807, 2.05) is 6.07 Å². The topological polar surface area (TPSA) is 39.7 Å². The maximum absolute atomic E-state index is 5.47. The van der Waals surface area contributed by atoms with E-state index in [0.29, 0.717) is 19.8 Å². The van der Waals surface area contributed by atoms with Crippen LogP contribution in [-0.4, -0.2) is 46.7 Å². The Morgan fingerprint density at radius 3 is 2.53 bits per heavy atom. The van der Waals surface area contributed by atoms with Crippen molar-refractivity contribution in [2.75, 3.05) is 52.0 Å². The number of ether oxygens (including phenoxy) is 3. The molecule has 1 rings (SSSR count). The third-order valence-corrected chi connectivity index (χ3v) is 2.60. The monoisotopic (exact) mass is 267 g/mol. The normalized spacial score (nSPS) is 10.6. The molecule has 0 heterocycles. The SMILES string of the molecule is COCCCOCCOCCNc1cccc(C)c1. The first-order chi connectivity index (χ1) is 9.33. The van der Waals surface area contributed by atoms with Gasteiger partial charge in [0.2, 0.25) is 0 Å². The van der Waals surface area contributed by atoms with Crippen LogP contribution in [-0.2, 0) is 14.2 Å². The maximum Gasteiger partial charge on any atom is 0.0701 e. The summed E-state index contributed by atoms with van der Waals surface area (Å²) < 4.78 is 15.8. The molecule has 1 aromatic carbocycles. The summed E-state index contributed by atoms with van der Waals surface area (Å²) in [5, 5.41) is 3.32. The lowest BCUT2D eigenvalue weighted by Gasteiger charge is -2.08. The molecule has 0 radical (unpaired) electrons. The van der Waals surface area contributed by atoms with Crippen LogP contribution in [0.15, 0.2) is 24.3 Å². The van der Waals surface area contributed by atoms with E-state index in [0.717, 1.165) is 31.9 Å². The number of anilines is 1. The van der Waals surface area contributed by atoms with Gasteiger partial charge in [-0.05, 0) is 31.0 Å². The molecule has 0 unspecified atom stereocenters. The predicted molar refractivity (Wildman–Crippen MR) is 77.8 cm³/mol. The molecule has 0 aromatic heterocycles. The molecular formula is C15H25NO3. The van der Waals surface area contributed by atoms with Gasteiger partial charge in [0.15, 0.2) is 0 Å². The van der Waals surface area contributed by atoms with Gasteiger partial charge in [-0.25, -0.2) is 0 Å². The Morgan fingerprint density at radius 2 is 1.79 bits per heavy atom. The van der Waals surface area contributed by atoms with Gasteiger partial charge in [0, 0.05) is 32.6 Å². The van der Waals surface area contributed by atoms with Gasteiger partial charge in [-0.15, -0.1) is 0 Å². The highest BCUT2D eigenvalue weighted by Crippen LogP contribution is 2.08. The molecule has 0 amide bonds. The van der Waals surface area contributed by atoms with Crippen LogP contribution in [0.2, 0.25) is 0 Å². The predicted octanol–water partition coefficient (Wildman–Crippen LogP) is 2.48. The standard InChI is InChI=1S/C15H25NO3/c1-14-5-3-6-15(13-14)16-7-10-19-12-11-18-9-4-8-17-2/h3,5-6,13,16H,4,7-12H2,1-2H3. The van der Waals surface area contributed by atoms with Crippen LogP contribution >= 0.6 is 0 Å². The zero-order chi connectivity index (χ0) is 13.8. The third-order valence-electron chi connectivity index (χ3n) is 2.60. The minimum absolute atomic E-state index is 0.641. The van der Waals surface area contributed by atoms with Crippen LogP contribution in [0.4, 0.5) is 5.69 Å². The molecule has 1 N–H and O–H groups in total. The molecule has 0 bridgehead atoms. The van der Waals surface area contributed by atoms with Crippen molar-refractivity contribution in [2.45, 2.75) is 13.3 Å². The van der Waals surface area contributed by atoms with Crippen LogP contribution < -0.4 is 5.32 Å². The van der Waals surface area contributed by atoms with Crippen LogP contribution in [0.25, 0.3) is 0 Å². The Hall–Kier alpha value is -1.10. The largest absolute Gasteiger partial charge is 0.385 e. The molecule has 0 spiro atoms. The highest BCUT2D eigenvalue weighted by Gasteiger charge is 1.93. The molecule has 0 fully saturated rings. The van der Waals surface area contributed by atoms with E-state index in [9.17, 15) is 0 Å². The summed E-state index contributed by atoms with van der Waals surface area (Å²) in [7, 11) is 1.70. The average Bonchev–Trinajstić information content (AvgIpc) is 2.41. The summed E-state index contributed by atoms with van der Waals surface area (Å²) in [6, 6.07) is 8.32. The highest BCUT2D eigenvalue weighted by atomic mass is 16.5. The summed E-state index contributed by atoms with van der Waals surface area (Å²) in [5.74, 6) is 0. The summed E-state index contributed by atoms with van der Waals surface area (Å²) in [4.78, 5) is 0. The molecule has 0 aliphatic heterocycles. The average molecular weight is 267 g/mol. The first-order valence-electron chi connectivity index (χ1n) is 6.78. The fourth-order valence-electron chi connectivity index (χ4n) is 1.65. The summed E-state index contributed by atoms with van der Waals surface area (Å²) >= 11 is 0. The van der Waals surface area contributed by atoms with E-state index in [-0.39, 0.29) is 0 Å². The number of hydrogen-bond donors (Lipinski definition) is 1. The van der Waals surface area contributed by atoms with E-state index in [2.05, 4.69) is 30.4 Å². The van der Waals surface area contributed by atoms with Crippen molar-refractivity contribution in [1.29, 1.82) is 0 Å². The Bertz CT molecular complexity index is 331. The van der Waals surface area contributed by atoms with Crippen molar-refractivity contribution in [2.24, 2.45) is 0 Å². The van der Waals surface area contributed by atoms with Crippen molar-refractivity contribution < 1.29 is 14.2 Å². The molecule has 0 aliphatic rings. The van der Waals surface area contributed by atoms with Gasteiger partial charge in [0.05, 0.1) is 19.8 Å². The van der Waals surface area contributed by atoms with Gasteiger partial charge in [-0.1, -0.05) is 12.1 Å². The molecule has 4 nitrogen and oxygen atoms in total. The zero-order valence-corrected chi connectivity index (χ0v) is 12.0. The fourth-order valence-corrected chi connectivity index (χ4v) is 1.65. The number of aryl methyl sites for hydroxylation is 1. The first-order valence-corrected chi connectivity index (χ1v) is 6.78. The van der Waals surface area contributed by atoms with Gasteiger partial charge in [-0.2, -0.15) is 0 Å². The van der Waals surface area contributed by atoms with E-state index in [1.54, 1.807) is 7.11 Å². The Balaban J connectivity index is 1.89. The van der Waals surface area contributed by atoms with Crippen LogP contribution in [0.3, 0.4) is 0 Å². The molecule has 0 aliphatic carbocycles. The third kappa shape index (κ3) is 8.59. The van der Waals surface area contributed by atoms with Gasteiger partial charge in [0.25, 0.3) is 0 Å². The van der Waals surface area contributed by atoms with E-state index >= 15 is 0 Å². The smallest absolute Gasteiger partial charge is 0.0701 e. The first kappa shape index (κ1) is 16.0. The zero-order valence-electron chi connectivity index (χ0n) is 12.0. The number of rotatable bonds is 11. The van der Waals surface area contributed by atoms with E-state index in [1.165, 1.54) is 5.56 Å². The molecule has 0 saturated carbocycles. The Morgan fingerprint density at radius 1 is 1.00 bits per heavy atom. The second-order valence-corrected chi connectivity index (χ2v) is 4.37. The van der Waals surface area contributed by atoms with Crippen LogP contribution in [0.1, 0.15) is 12.0 Å². The lowest BCUT2D eigenvalue weighted by atomic mass is 10.2. The summed E-state index contributed by atoms with van der Waals surface area (Å²) in [5.41, 5.74) is 2.40. The molecule has 0 saturated heterocycles. The molecule has 108 valence electrons. The van der Waals surface area contributed by atoms with Gasteiger partial charge in [0.1, 0.15) is 0 Å². The molecule has 0 atom stereocenters. The minimum atomic E-state index is 0.641. The van der Waals surface area contributed by atoms with Gasteiger partial charge >= 0.3 is 0 Å². The summed E-state index contributed by atoms with van der Waals surface area (Å²) in [6.07, 6.45) is 0.936. The van der Waals surface area contributed by atoms with Crippen molar-refractivity contribution in [3.8, 4) is 0 Å². The number of hydrogen-bond acceptors (Lipinski definition) is 4. The molecular weight excluding hydrogens is 242 g/mol. The quantitative estimate of drug-likeness (QED) is 0.625. The van der Waals surface area contributed by atoms with Gasteiger partial charge < -0.3 is 19.5 Å². The molecule has 19 heavy (non-hydrogen) atoms. The Kier molecular flexibility index (Phi) is 9.06. The highest BCUT2D eigenvalue weighted by molar-refractivity contribution is 5.45. The van der Waals surface area contributed by atoms with Crippen LogP contribution in [0, 0.1) is 6.92 Å². The van der Waals surface area contributed by atoms with Crippen LogP contribution in [0.5, 0.6) is 0 Å². The number of methoxy groups -OCH3 is 1. The number of benzene rings is 1. The lowest BCUT2D eigenvalue weighted by Crippen LogP contribution is -2.13.